The molecule has 6 nitrogen and oxygen atoms in total. The lowest BCUT2D eigenvalue weighted by Crippen LogP contribution is -2.44. The summed E-state index contributed by atoms with van der Waals surface area (Å²) in [5.41, 5.74) is 6.02. The van der Waals surface area contributed by atoms with Gasteiger partial charge in [-0.15, -0.1) is 0 Å². The molecule has 7 heteroatoms. The van der Waals surface area contributed by atoms with Gasteiger partial charge in [-0.3, -0.25) is 4.79 Å². The highest BCUT2D eigenvalue weighted by molar-refractivity contribution is 7.89. The lowest BCUT2D eigenvalue weighted by Gasteiger charge is -2.31. The third-order valence-corrected chi connectivity index (χ3v) is 7.07. The molecule has 138 valence electrons. The van der Waals surface area contributed by atoms with Gasteiger partial charge in [-0.1, -0.05) is 25.0 Å². The van der Waals surface area contributed by atoms with Crippen LogP contribution in [0.1, 0.15) is 44.1 Å². The normalized spacial score (nSPS) is 25.4. The van der Waals surface area contributed by atoms with Gasteiger partial charge in [-0.25, -0.2) is 13.1 Å². The van der Waals surface area contributed by atoms with Crippen molar-refractivity contribution in [3.8, 4) is 0 Å². The van der Waals surface area contributed by atoms with Crippen molar-refractivity contribution in [3.63, 3.8) is 0 Å². The van der Waals surface area contributed by atoms with E-state index >= 15 is 0 Å². The third kappa shape index (κ3) is 3.59. The van der Waals surface area contributed by atoms with Crippen molar-refractivity contribution in [3.05, 3.63) is 29.8 Å². The Morgan fingerprint density at radius 1 is 1.24 bits per heavy atom. The Morgan fingerprint density at radius 3 is 2.44 bits per heavy atom. The summed E-state index contributed by atoms with van der Waals surface area (Å²) in [5, 5.41) is 0. The summed E-state index contributed by atoms with van der Waals surface area (Å²) in [5.74, 6) is -0.0638. The molecule has 1 aromatic rings. The van der Waals surface area contributed by atoms with Gasteiger partial charge in [0.25, 0.3) is 0 Å². The van der Waals surface area contributed by atoms with E-state index in [2.05, 4.69) is 4.72 Å². The molecular formula is C18H26N2O4S. The number of esters is 1. The number of nitrogens with two attached hydrogens (primary N) is 1. The maximum atomic E-state index is 12.7. The van der Waals surface area contributed by atoms with Gasteiger partial charge in [0.1, 0.15) is 0 Å². The van der Waals surface area contributed by atoms with Gasteiger partial charge in [0.2, 0.25) is 10.0 Å². The van der Waals surface area contributed by atoms with Crippen molar-refractivity contribution in [2.75, 3.05) is 13.7 Å². The molecule has 0 radical (unpaired) electrons. The van der Waals surface area contributed by atoms with Crippen molar-refractivity contribution in [2.24, 2.45) is 11.7 Å². The molecule has 0 bridgehead atoms. The third-order valence-electron chi connectivity index (χ3n) is 5.56. The maximum Gasteiger partial charge on any atom is 0.316 e. The van der Waals surface area contributed by atoms with Crippen LogP contribution in [0.25, 0.3) is 0 Å². The average Bonchev–Trinajstić information content (AvgIpc) is 3.43. The Kier molecular flexibility index (Phi) is 5.18. The summed E-state index contributed by atoms with van der Waals surface area (Å²) in [6.45, 7) is 0.494. The number of hydrogen-bond donors (Lipinski definition) is 2. The van der Waals surface area contributed by atoms with E-state index in [1.54, 1.807) is 24.3 Å². The molecule has 0 saturated heterocycles. The maximum absolute atomic E-state index is 12.7. The highest BCUT2D eigenvalue weighted by Crippen LogP contribution is 2.49. The van der Waals surface area contributed by atoms with E-state index in [1.807, 2.05) is 0 Å². The molecule has 25 heavy (non-hydrogen) atoms. The van der Waals surface area contributed by atoms with Crippen molar-refractivity contribution in [1.29, 1.82) is 0 Å². The van der Waals surface area contributed by atoms with E-state index in [0.717, 1.165) is 44.1 Å². The Balaban J connectivity index is 1.76. The fraction of sp³-hybridized carbons (Fsp3) is 0.611. The number of carbonyl (C=O) groups excluding carboxylic acids is 1. The Labute approximate surface area is 149 Å². The van der Waals surface area contributed by atoms with E-state index in [-0.39, 0.29) is 22.8 Å². The second-order valence-electron chi connectivity index (χ2n) is 7.11. The average molecular weight is 366 g/mol. The number of methoxy groups -OCH3 is 1. The van der Waals surface area contributed by atoms with Crippen molar-refractivity contribution in [2.45, 2.75) is 54.9 Å². The highest BCUT2D eigenvalue weighted by atomic mass is 32.2. The molecule has 0 aromatic heterocycles. The van der Waals surface area contributed by atoms with Crippen LogP contribution in [0, 0.1) is 5.92 Å². The van der Waals surface area contributed by atoms with Gasteiger partial charge >= 0.3 is 5.97 Å². The first-order valence-electron chi connectivity index (χ1n) is 8.84. The van der Waals surface area contributed by atoms with Crippen molar-refractivity contribution in [1.82, 2.24) is 4.72 Å². The quantitative estimate of drug-likeness (QED) is 0.747. The van der Waals surface area contributed by atoms with Crippen LogP contribution in [0.15, 0.2) is 29.2 Å². The molecular weight excluding hydrogens is 340 g/mol. The molecule has 3 rings (SSSR count). The second-order valence-corrected chi connectivity index (χ2v) is 8.82. The van der Waals surface area contributed by atoms with Gasteiger partial charge in [0.15, 0.2) is 0 Å². The zero-order valence-electron chi connectivity index (χ0n) is 14.5. The molecule has 0 heterocycles. The van der Waals surface area contributed by atoms with Crippen LogP contribution in [0.4, 0.5) is 0 Å². The molecule has 0 aliphatic heterocycles. The Bertz CT molecular complexity index is 726. The molecule has 2 aliphatic carbocycles. The minimum Gasteiger partial charge on any atom is -0.468 e. The fourth-order valence-electron chi connectivity index (χ4n) is 3.80. The molecule has 2 atom stereocenters. The number of benzene rings is 1. The van der Waals surface area contributed by atoms with Crippen LogP contribution in [-0.2, 0) is 25.0 Å². The lowest BCUT2D eigenvalue weighted by atomic mass is 9.85. The largest absolute Gasteiger partial charge is 0.468 e. The van der Waals surface area contributed by atoms with Crippen LogP contribution < -0.4 is 10.5 Å². The number of carbonyl (C=O) groups is 1. The minimum absolute atomic E-state index is 0.103. The van der Waals surface area contributed by atoms with Gasteiger partial charge in [0, 0.05) is 6.04 Å². The monoisotopic (exact) mass is 366 g/mol. The first-order valence-corrected chi connectivity index (χ1v) is 10.3. The van der Waals surface area contributed by atoms with Gasteiger partial charge in [-0.2, -0.15) is 0 Å². The van der Waals surface area contributed by atoms with E-state index in [0.29, 0.717) is 6.54 Å². The number of rotatable bonds is 6. The predicted octanol–water partition coefficient (Wildman–Crippen LogP) is 1.69. The number of hydrogen-bond acceptors (Lipinski definition) is 5. The summed E-state index contributed by atoms with van der Waals surface area (Å²) in [6.07, 6.45) is 5.39. The van der Waals surface area contributed by atoms with Gasteiger partial charge in [-0.05, 0) is 55.8 Å². The van der Waals surface area contributed by atoms with Crippen molar-refractivity contribution < 1.29 is 17.9 Å². The minimum atomic E-state index is -3.59. The number of ether oxygens (including phenoxy) is 1. The molecule has 2 saturated carbocycles. The summed E-state index contributed by atoms with van der Waals surface area (Å²) < 4.78 is 33.1. The number of sulfonamides is 1. The van der Waals surface area contributed by atoms with E-state index in [9.17, 15) is 13.2 Å². The standard InChI is InChI=1S/C18H26N2O4S/c1-24-17(21)18(10-11-18)14-6-8-15(9-7-14)25(22,23)20-16-5-3-2-4-13(16)12-19/h6-9,13,16,20H,2-5,10-12,19H2,1H3. The highest BCUT2D eigenvalue weighted by Gasteiger charge is 2.52. The topological polar surface area (TPSA) is 98.5 Å². The lowest BCUT2D eigenvalue weighted by molar-refractivity contribution is -0.143. The molecule has 2 aliphatic rings. The smallest absolute Gasteiger partial charge is 0.316 e. The van der Waals surface area contributed by atoms with Crippen LogP contribution in [0.2, 0.25) is 0 Å². The Hall–Kier alpha value is -1.44. The molecule has 2 unspecified atom stereocenters. The van der Waals surface area contributed by atoms with Crippen LogP contribution in [-0.4, -0.2) is 34.1 Å². The van der Waals surface area contributed by atoms with Gasteiger partial charge < -0.3 is 10.5 Å². The predicted molar refractivity (Wildman–Crippen MR) is 94.5 cm³/mol. The summed E-state index contributed by atoms with van der Waals surface area (Å²) in [4.78, 5) is 12.2. The van der Waals surface area contributed by atoms with E-state index in [1.165, 1.54) is 7.11 Å². The van der Waals surface area contributed by atoms with Crippen LogP contribution in [0.3, 0.4) is 0 Å². The van der Waals surface area contributed by atoms with Gasteiger partial charge in [0.05, 0.1) is 17.4 Å². The fourth-order valence-corrected chi connectivity index (χ4v) is 5.14. The van der Waals surface area contributed by atoms with Crippen LogP contribution in [0.5, 0.6) is 0 Å². The molecule has 0 amide bonds. The molecule has 1 aromatic carbocycles. The second kappa shape index (κ2) is 7.05. The molecule has 0 spiro atoms. The summed E-state index contributed by atoms with van der Waals surface area (Å²) in [7, 11) is -2.21. The zero-order valence-corrected chi connectivity index (χ0v) is 15.3. The molecule has 3 N–H and O–H groups in total. The summed E-state index contributed by atoms with van der Waals surface area (Å²) >= 11 is 0. The first-order chi connectivity index (χ1) is 11.9. The molecule has 2 fully saturated rings. The van der Waals surface area contributed by atoms with E-state index < -0.39 is 15.4 Å². The SMILES string of the molecule is COC(=O)C1(c2ccc(S(=O)(=O)NC3CCCCC3CN)cc2)CC1. The number of nitrogens with one attached hydrogen (secondary N) is 1. The summed E-state index contributed by atoms with van der Waals surface area (Å²) in [6, 6.07) is 6.48. The van der Waals surface area contributed by atoms with Crippen molar-refractivity contribution >= 4 is 16.0 Å². The van der Waals surface area contributed by atoms with E-state index in [4.69, 9.17) is 10.5 Å². The Morgan fingerprint density at radius 2 is 1.88 bits per heavy atom. The zero-order chi connectivity index (χ0) is 18.1. The van der Waals surface area contributed by atoms with Crippen LogP contribution >= 0.6 is 0 Å². The first kappa shape index (κ1) is 18.4.